The molecule has 0 atom stereocenters. The van der Waals surface area contributed by atoms with Crippen molar-refractivity contribution in [3.8, 4) is 0 Å². The normalized spacial score (nSPS) is 14.2. The zero-order valence-corrected chi connectivity index (χ0v) is 11.4. The van der Waals surface area contributed by atoms with Gasteiger partial charge in [0, 0.05) is 0 Å². The van der Waals surface area contributed by atoms with Crippen LogP contribution in [0.3, 0.4) is 0 Å². The van der Waals surface area contributed by atoms with Crippen molar-refractivity contribution in [3.63, 3.8) is 0 Å². The minimum Gasteiger partial charge on any atom is -0.477 e. The fourth-order valence-corrected chi connectivity index (χ4v) is 2.34. The van der Waals surface area contributed by atoms with Gasteiger partial charge in [-0.25, -0.2) is 9.69 Å². The van der Waals surface area contributed by atoms with E-state index in [0.717, 1.165) is 0 Å². The van der Waals surface area contributed by atoms with E-state index in [1.807, 2.05) is 0 Å². The molecule has 2 aromatic carbocycles. The number of hydrogen-bond acceptors (Lipinski definition) is 3. The van der Waals surface area contributed by atoms with Crippen molar-refractivity contribution >= 4 is 23.9 Å². The zero-order valence-electron chi connectivity index (χ0n) is 11.4. The molecule has 1 heterocycles. The number of carboxylic acids is 1. The third-order valence-corrected chi connectivity index (χ3v) is 3.36. The van der Waals surface area contributed by atoms with E-state index in [1.165, 1.54) is 18.2 Å². The van der Waals surface area contributed by atoms with E-state index in [9.17, 15) is 19.5 Å². The average Bonchev–Trinajstić information content (AvgIpc) is 2.78. The molecule has 22 heavy (non-hydrogen) atoms. The van der Waals surface area contributed by atoms with E-state index < -0.39 is 17.8 Å². The Morgan fingerprint density at radius 2 is 1.36 bits per heavy atom. The number of carboxylic acid groups (broad SMARTS) is 1. The Morgan fingerprint density at radius 1 is 0.864 bits per heavy atom. The number of hydrogen-bond donors (Lipinski definition) is 1. The van der Waals surface area contributed by atoms with Gasteiger partial charge in [-0.05, 0) is 23.8 Å². The first-order valence-electron chi connectivity index (χ1n) is 6.57. The summed E-state index contributed by atoms with van der Waals surface area (Å²) in [6, 6.07) is 15.0. The highest BCUT2D eigenvalue weighted by Crippen LogP contribution is 2.27. The molecule has 0 unspecified atom stereocenters. The third-order valence-electron chi connectivity index (χ3n) is 3.36. The van der Waals surface area contributed by atoms with Gasteiger partial charge in [0.25, 0.3) is 11.8 Å². The topological polar surface area (TPSA) is 74.7 Å². The second-order valence-electron chi connectivity index (χ2n) is 4.74. The summed E-state index contributed by atoms with van der Waals surface area (Å²) in [5.41, 5.74) is 0.661. The van der Waals surface area contributed by atoms with Crippen LogP contribution in [-0.2, 0) is 4.79 Å². The average molecular weight is 293 g/mol. The van der Waals surface area contributed by atoms with Gasteiger partial charge in [0.05, 0.1) is 11.1 Å². The number of rotatable bonds is 3. The molecule has 0 saturated carbocycles. The lowest BCUT2D eigenvalue weighted by Crippen LogP contribution is -2.32. The summed E-state index contributed by atoms with van der Waals surface area (Å²) in [6.45, 7) is 0. The molecule has 0 fully saturated rings. The summed E-state index contributed by atoms with van der Waals surface area (Å²) in [5.74, 6) is -2.58. The van der Waals surface area contributed by atoms with Crippen molar-refractivity contribution in [2.24, 2.45) is 0 Å². The van der Waals surface area contributed by atoms with Gasteiger partial charge in [-0.15, -0.1) is 0 Å². The van der Waals surface area contributed by atoms with E-state index in [0.29, 0.717) is 10.5 Å². The van der Waals surface area contributed by atoms with Crippen LogP contribution in [0.15, 0.2) is 60.3 Å². The molecule has 0 aliphatic carbocycles. The molecular formula is C17H11NO4. The molecule has 2 amide bonds. The number of benzene rings is 2. The fourth-order valence-electron chi connectivity index (χ4n) is 2.34. The van der Waals surface area contributed by atoms with Gasteiger partial charge >= 0.3 is 5.97 Å². The van der Waals surface area contributed by atoms with Crippen molar-refractivity contribution in [1.29, 1.82) is 0 Å². The summed E-state index contributed by atoms with van der Waals surface area (Å²) >= 11 is 0. The zero-order chi connectivity index (χ0) is 15.7. The van der Waals surface area contributed by atoms with Gasteiger partial charge < -0.3 is 5.11 Å². The van der Waals surface area contributed by atoms with Crippen LogP contribution < -0.4 is 0 Å². The van der Waals surface area contributed by atoms with Crippen molar-refractivity contribution in [2.45, 2.75) is 0 Å². The first kappa shape index (κ1) is 13.8. The predicted octanol–water partition coefficient (Wildman–Crippen LogP) is 2.41. The standard InChI is InChI=1S/C17H11NO4/c19-15-12-8-4-5-9-13(12)16(20)18(15)14(17(21)22)10-11-6-2-1-3-7-11/h1-10H,(H,21,22)/b14-10-. The van der Waals surface area contributed by atoms with Crippen LogP contribution in [0, 0.1) is 0 Å². The number of nitrogens with zero attached hydrogens (tertiary/aromatic N) is 1. The second kappa shape index (κ2) is 5.29. The summed E-state index contributed by atoms with van der Waals surface area (Å²) in [4.78, 5) is 36.9. The molecule has 0 saturated heterocycles. The molecule has 1 aliphatic heterocycles. The van der Waals surface area contributed by atoms with Gasteiger partial charge in [-0.2, -0.15) is 0 Å². The monoisotopic (exact) mass is 293 g/mol. The molecule has 0 aromatic heterocycles. The SMILES string of the molecule is O=C(O)/C(=C/c1ccccc1)N1C(=O)c2ccccc2C1=O. The third kappa shape index (κ3) is 2.18. The molecule has 3 rings (SSSR count). The van der Waals surface area contributed by atoms with E-state index in [-0.39, 0.29) is 16.8 Å². The maximum Gasteiger partial charge on any atom is 0.353 e. The van der Waals surface area contributed by atoms with Crippen LogP contribution in [0.4, 0.5) is 0 Å². The molecule has 2 aromatic rings. The Kier molecular flexibility index (Phi) is 3.31. The van der Waals surface area contributed by atoms with Gasteiger partial charge in [0.2, 0.25) is 0 Å². The lowest BCUT2D eigenvalue weighted by Gasteiger charge is -2.14. The van der Waals surface area contributed by atoms with Crippen molar-refractivity contribution in [1.82, 2.24) is 4.90 Å². The molecule has 1 N–H and O–H groups in total. The number of carbonyl (C=O) groups is 3. The molecule has 5 nitrogen and oxygen atoms in total. The molecule has 0 bridgehead atoms. The van der Waals surface area contributed by atoms with Crippen LogP contribution >= 0.6 is 0 Å². The Labute approximate surface area is 126 Å². The Morgan fingerprint density at radius 3 is 1.86 bits per heavy atom. The molecule has 0 radical (unpaired) electrons. The lowest BCUT2D eigenvalue weighted by molar-refractivity contribution is -0.133. The highest BCUT2D eigenvalue weighted by Gasteiger charge is 2.39. The number of amides is 2. The quantitative estimate of drug-likeness (QED) is 0.696. The smallest absolute Gasteiger partial charge is 0.353 e. The maximum absolute atomic E-state index is 12.3. The molecule has 1 aliphatic rings. The van der Waals surface area contributed by atoms with Gasteiger partial charge in [0.1, 0.15) is 5.70 Å². The van der Waals surface area contributed by atoms with Crippen LogP contribution in [0.25, 0.3) is 6.08 Å². The summed E-state index contributed by atoms with van der Waals surface area (Å²) in [5, 5.41) is 9.40. The molecule has 5 heteroatoms. The predicted molar refractivity (Wildman–Crippen MR) is 79.0 cm³/mol. The highest BCUT2D eigenvalue weighted by atomic mass is 16.4. The van der Waals surface area contributed by atoms with Crippen LogP contribution in [-0.4, -0.2) is 27.8 Å². The van der Waals surface area contributed by atoms with E-state index in [2.05, 4.69) is 0 Å². The number of aliphatic carboxylic acids is 1. The Bertz CT molecular complexity index is 773. The van der Waals surface area contributed by atoms with Crippen LogP contribution in [0.2, 0.25) is 0 Å². The summed E-state index contributed by atoms with van der Waals surface area (Å²) in [7, 11) is 0. The summed E-state index contributed by atoms with van der Waals surface area (Å²) in [6.07, 6.45) is 1.31. The largest absolute Gasteiger partial charge is 0.477 e. The first-order chi connectivity index (χ1) is 10.6. The fraction of sp³-hybridized carbons (Fsp3) is 0. The molecule has 108 valence electrons. The van der Waals surface area contributed by atoms with Crippen LogP contribution in [0.1, 0.15) is 26.3 Å². The van der Waals surface area contributed by atoms with E-state index >= 15 is 0 Å². The number of fused-ring (bicyclic) bond motifs is 1. The van der Waals surface area contributed by atoms with Crippen LogP contribution in [0.5, 0.6) is 0 Å². The second-order valence-corrected chi connectivity index (χ2v) is 4.74. The van der Waals surface area contributed by atoms with Crippen molar-refractivity contribution in [2.75, 3.05) is 0 Å². The minimum absolute atomic E-state index is 0.215. The summed E-state index contributed by atoms with van der Waals surface area (Å²) < 4.78 is 0. The van der Waals surface area contributed by atoms with E-state index in [4.69, 9.17) is 0 Å². The van der Waals surface area contributed by atoms with Crippen molar-refractivity contribution < 1.29 is 19.5 Å². The minimum atomic E-state index is -1.33. The van der Waals surface area contributed by atoms with Gasteiger partial charge in [-0.1, -0.05) is 42.5 Å². The Balaban J connectivity index is 2.09. The van der Waals surface area contributed by atoms with Crippen molar-refractivity contribution in [3.05, 3.63) is 77.0 Å². The van der Waals surface area contributed by atoms with Gasteiger partial charge in [0.15, 0.2) is 0 Å². The Hall–Kier alpha value is -3.21. The first-order valence-corrected chi connectivity index (χ1v) is 6.57. The number of carbonyl (C=O) groups excluding carboxylic acids is 2. The highest BCUT2D eigenvalue weighted by molar-refractivity contribution is 6.25. The lowest BCUT2D eigenvalue weighted by atomic mass is 10.1. The van der Waals surface area contributed by atoms with Gasteiger partial charge in [-0.3, -0.25) is 9.59 Å². The van der Waals surface area contributed by atoms with E-state index in [1.54, 1.807) is 42.5 Å². The molecule has 0 spiro atoms. The number of imide groups is 1. The molecular weight excluding hydrogens is 282 g/mol. The maximum atomic E-state index is 12.3.